The third-order valence-electron chi connectivity index (χ3n) is 4.34. The van der Waals surface area contributed by atoms with Gasteiger partial charge < -0.3 is 20.1 Å². The summed E-state index contributed by atoms with van der Waals surface area (Å²) in [6, 6.07) is 4.16. The lowest BCUT2D eigenvalue weighted by molar-refractivity contribution is -0.142. The molecule has 2 atom stereocenters. The molecule has 2 unspecified atom stereocenters. The maximum Gasteiger partial charge on any atom is 0.306 e. The third-order valence-corrected chi connectivity index (χ3v) is 4.34. The van der Waals surface area contributed by atoms with Gasteiger partial charge >= 0.3 is 5.97 Å². The molecule has 2 rings (SSSR count). The van der Waals surface area contributed by atoms with Crippen molar-refractivity contribution >= 4 is 17.8 Å². The van der Waals surface area contributed by atoms with Crippen LogP contribution >= 0.6 is 0 Å². The van der Waals surface area contributed by atoms with Gasteiger partial charge in [-0.2, -0.15) is 0 Å². The van der Waals surface area contributed by atoms with Gasteiger partial charge in [0.25, 0.3) is 5.91 Å². The number of rotatable bonds is 7. The van der Waals surface area contributed by atoms with E-state index in [4.69, 9.17) is 9.84 Å². The number of hydrogen-bond acceptors (Lipinski definition) is 4. The van der Waals surface area contributed by atoms with E-state index in [2.05, 4.69) is 5.32 Å². The fourth-order valence-electron chi connectivity index (χ4n) is 2.64. The Labute approximate surface area is 151 Å². The van der Waals surface area contributed by atoms with E-state index >= 15 is 0 Å². The van der Waals surface area contributed by atoms with E-state index < -0.39 is 29.7 Å². The lowest BCUT2D eigenvalue weighted by Crippen LogP contribution is -2.51. The summed E-state index contributed by atoms with van der Waals surface area (Å²) in [6.45, 7) is 3.26. The molecule has 1 saturated heterocycles. The Morgan fingerprint density at radius 2 is 1.81 bits per heavy atom. The summed E-state index contributed by atoms with van der Waals surface area (Å²) >= 11 is 0. The first-order valence-corrected chi connectivity index (χ1v) is 8.54. The van der Waals surface area contributed by atoms with Gasteiger partial charge in [0.2, 0.25) is 5.91 Å². The van der Waals surface area contributed by atoms with Crippen LogP contribution in [0.5, 0.6) is 0 Å². The van der Waals surface area contributed by atoms with Gasteiger partial charge in [-0.05, 0) is 37.1 Å². The quantitative estimate of drug-likeness (QED) is 0.758. The summed E-state index contributed by atoms with van der Waals surface area (Å²) in [5.41, 5.74) is 0.234. The van der Waals surface area contributed by atoms with E-state index in [0.717, 1.165) is 0 Å². The Bertz CT molecular complexity index is 643. The van der Waals surface area contributed by atoms with Crippen LogP contribution < -0.4 is 5.32 Å². The Morgan fingerprint density at radius 1 is 1.19 bits per heavy atom. The molecule has 2 amide bonds. The summed E-state index contributed by atoms with van der Waals surface area (Å²) in [4.78, 5) is 37.8. The second-order valence-corrected chi connectivity index (χ2v) is 6.29. The zero-order valence-corrected chi connectivity index (χ0v) is 14.6. The number of carboxylic acid groups (broad SMARTS) is 1. The molecule has 1 aromatic carbocycles. The van der Waals surface area contributed by atoms with E-state index in [1.807, 2.05) is 0 Å². The van der Waals surface area contributed by atoms with Gasteiger partial charge in [-0.25, -0.2) is 4.39 Å². The monoisotopic (exact) mass is 366 g/mol. The van der Waals surface area contributed by atoms with Gasteiger partial charge in [-0.15, -0.1) is 0 Å². The molecule has 0 aliphatic carbocycles. The number of ether oxygens (including phenoxy) is 1. The molecule has 26 heavy (non-hydrogen) atoms. The van der Waals surface area contributed by atoms with Crippen LogP contribution in [0.15, 0.2) is 24.3 Å². The van der Waals surface area contributed by atoms with Gasteiger partial charge in [0, 0.05) is 18.7 Å². The molecule has 7 nitrogen and oxygen atoms in total. The maximum atomic E-state index is 13.0. The molecule has 0 spiro atoms. The number of morpholine rings is 1. The van der Waals surface area contributed by atoms with Gasteiger partial charge in [-0.1, -0.05) is 6.92 Å². The standard InChI is InChI=1S/C18H23FN2O5/c1-12(18(24)25)2-7-15(17(23)21-8-10-26-11-9-21)20-16(22)13-3-5-14(19)6-4-13/h3-6,12,15H,2,7-11H2,1H3,(H,20,22)(H,24,25). The molecule has 1 heterocycles. The molecular formula is C18H23FN2O5. The first-order valence-electron chi connectivity index (χ1n) is 8.54. The number of benzene rings is 1. The number of nitrogens with one attached hydrogen (secondary N) is 1. The van der Waals surface area contributed by atoms with E-state index in [1.54, 1.807) is 11.8 Å². The Balaban J connectivity index is 2.07. The van der Waals surface area contributed by atoms with Crippen molar-refractivity contribution in [2.45, 2.75) is 25.8 Å². The van der Waals surface area contributed by atoms with E-state index in [0.29, 0.717) is 26.3 Å². The van der Waals surface area contributed by atoms with Crippen molar-refractivity contribution in [3.8, 4) is 0 Å². The third kappa shape index (κ3) is 5.52. The topological polar surface area (TPSA) is 95.9 Å². The van der Waals surface area contributed by atoms with Crippen molar-refractivity contribution in [3.05, 3.63) is 35.6 Å². The zero-order valence-electron chi connectivity index (χ0n) is 14.6. The van der Waals surface area contributed by atoms with Crippen LogP contribution in [0.4, 0.5) is 4.39 Å². The SMILES string of the molecule is CC(CCC(NC(=O)c1ccc(F)cc1)C(=O)N1CCOCC1)C(=O)O. The predicted molar refractivity (Wildman–Crippen MR) is 91.1 cm³/mol. The fourth-order valence-corrected chi connectivity index (χ4v) is 2.64. The highest BCUT2D eigenvalue weighted by atomic mass is 19.1. The number of carbonyl (C=O) groups is 3. The zero-order chi connectivity index (χ0) is 19.1. The van der Waals surface area contributed by atoms with E-state index in [1.165, 1.54) is 24.3 Å². The van der Waals surface area contributed by atoms with Crippen LogP contribution in [0.1, 0.15) is 30.1 Å². The Kier molecular flexibility index (Phi) is 7.08. The second kappa shape index (κ2) is 9.28. The molecule has 142 valence electrons. The van der Waals surface area contributed by atoms with Crippen molar-refractivity contribution in [1.29, 1.82) is 0 Å². The summed E-state index contributed by atoms with van der Waals surface area (Å²) in [5, 5.41) is 11.7. The first-order chi connectivity index (χ1) is 12.4. The van der Waals surface area contributed by atoms with Gasteiger partial charge in [0.15, 0.2) is 0 Å². The first kappa shape index (κ1) is 19.8. The van der Waals surface area contributed by atoms with E-state index in [-0.39, 0.29) is 24.3 Å². The average Bonchev–Trinajstić information content (AvgIpc) is 2.65. The molecule has 0 saturated carbocycles. The lowest BCUT2D eigenvalue weighted by atomic mass is 10.0. The summed E-state index contributed by atoms with van der Waals surface area (Å²) in [5.74, 6) is -2.80. The van der Waals surface area contributed by atoms with Crippen molar-refractivity contribution in [2.75, 3.05) is 26.3 Å². The number of amides is 2. The minimum Gasteiger partial charge on any atom is -0.481 e. The molecule has 0 radical (unpaired) electrons. The molecule has 8 heteroatoms. The molecular weight excluding hydrogens is 343 g/mol. The number of hydrogen-bond donors (Lipinski definition) is 2. The molecule has 0 bridgehead atoms. The predicted octanol–water partition coefficient (Wildman–Crippen LogP) is 1.28. The van der Waals surface area contributed by atoms with Crippen LogP contribution in [-0.2, 0) is 14.3 Å². The fraction of sp³-hybridized carbons (Fsp3) is 0.500. The van der Waals surface area contributed by atoms with E-state index in [9.17, 15) is 18.8 Å². The van der Waals surface area contributed by atoms with Gasteiger partial charge in [0.1, 0.15) is 11.9 Å². The van der Waals surface area contributed by atoms with Crippen LogP contribution in [0, 0.1) is 11.7 Å². The van der Waals surface area contributed by atoms with Crippen molar-refractivity contribution in [1.82, 2.24) is 10.2 Å². The number of nitrogens with zero attached hydrogens (tertiary/aromatic N) is 1. The lowest BCUT2D eigenvalue weighted by Gasteiger charge is -2.31. The maximum absolute atomic E-state index is 13.0. The summed E-state index contributed by atoms with van der Waals surface area (Å²) < 4.78 is 18.2. The normalized spacial score (nSPS) is 16.6. The molecule has 1 aliphatic rings. The van der Waals surface area contributed by atoms with Crippen molar-refractivity contribution < 1.29 is 28.6 Å². The van der Waals surface area contributed by atoms with Crippen LogP contribution in [0.3, 0.4) is 0 Å². The summed E-state index contributed by atoms with van der Waals surface area (Å²) in [7, 11) is 0. The average molecular weight is 366 g/mol. The highest BCUT2D eigenvalue weighted by Crippen LogP contribution is 2.13. The summed E-state index contributed by atoms with van der Waals surface area (Å²) in [6.07, 6.45) is 0.455. The molecule has 2 N–H and O–H groups in total. The number of carboxylic acids is 1. The number of halogens is 1. The minimum atomic E-state index is -0.951. The van der Waals surface area contributed by atoms with Crippen molar-refractivity contribution in [2.24, 2.45) is 5.92 Å². The van der Waals surface area contributed by atoms with Crippen LogP contribution in [-0.4, -0.2) is 60.1 Å². The minimum absolute atomic E-state index is 0.205. The number of carbonyl (C=O) groups excluding carboxylic acids is 2. The molecule has 1 fully saturated rings. The smallest absolute Gasteiger partial charge is 0.306 e. The van der Waals surface area contributed by atoms with Crippen LogP contribution in [0.2, 0.25) is 0 Å². The Hall–Kier alpha value is -2.48. The van der Waals surface area contributed by atoms with Gasteiger partial charge in [-0.3, -0.25) is 14.4 Å². The van der Waals surface area contributed by atoms with Crippen molar-refractivity contribution in [3.63, 3.8) is 0 Å². The number of aliphatic carboxylic acids is 1. The highest BCUT2D eigenvalue weighted by Gasteiger charge is 2.28. The van der Waals surface area contributed by atoms with Gasteiger partial charge in [0.05, 0.1) is 19.1 Å². The van der Waals surface area contributed by atoms with Crippen LogP contribution in [0.25, 0.3) is 0 Å². The molecule has 1 aliphatic heterocycles. The molecule has 1 aromatic rings. The Morgan fingerprint density at radius 3 is 2.38 bits per heavy atom. The molecule has 0 aromatic heterocycles. The second-order valence-electron chi connectivity index (χ2n) is 6.29. The largest absolute Gasteiger partial charge is 0.481 e. The highest BCUT2D eigenvalue weighted by molar-refractivity contribution is 5.97.